The number of hydrogen-bond donors (Lipinski definition) is 2. The number of primary amides is 1. The van der Waals surface area contributed by atoms with Gasteiger partial charge in [-0.3, -0.25) is 10.1 Å². The van der Waals surface area contributed by atoms with E-state index in [2.05, 4.69) is 11.4 Å². The highest BCUT2D eigenvalue weighted by Gasteiger charge is 2.22. The highest BCUT2D eigenvalue weighted by atomic mass is 16.1. The molecule has 1 aromatic rings. The molecule has 1 atom stereocenters. The van der Waals surface area contributed by atoms with Gasteiger partial charge < -0.3 is 5.73 Å². The Balaban J connectivity index is 2.09. The Kier molecular flexibility index (Phi) is 5.14. The van der Waals surface area contributed by atoms with Crippen LogP contribution in [0.5, 0.6) is 0 Å². The summed E-state index contributed by atoms with van der Waals surface area (Å²) >= 11 is 0. The van der Waals surface area contributed by atoms with Gasteiger partial charge >= 0.3 is 0 Å². The molecular weight excluding hydrogens is 250 g/mol. The molecule has 1 aliphatic rings. The molecule has 0 radical (unpaired) electrons. The molecule has 1 saturated carbocycles. The van der Waals surface area contributed by atoms with Crippen LogP contribution in [0.4, 0.5) is 0 Å². The number of nitrogens with two attached hydrogens (primary N) is 1. The third-order valence-corrected chi connectivity index (χ3v) is 3.92. The standard InChI is InChI=1S/C16H21N3O/c17-11-12-7-9-13(10-8-12)15(16(18)20)19-14-5-3-1-2-4-6-14/h7-10,14-15,19H,1-6H2,(H2,18,20). The first kappa shape index (κ1) is 14.5. The number of rotatable bonds is 4. The van der Waals surface area contributed by atoms with E-state index in [0.29, 0.717) is 11.6 Å². The van der Waals surface area contributed by atoms with Crippen molar-refractivity contribution in [1.29, 1.82) is 5.26 Å². The van der Waals surface area contributed by atoms with Gasteiger partial charge in [-0.05, 0) is 30.5 Å². The summed E-state index contributed by atoms with van der Waals surface area (Å²) in [6.07, 6.45) is 7.15. The molecule has 0 aliphatic heterocycles. The average Bonchev–Trinajstić information content (AvgIpc) is 2.73. The third-order valence-electron chi connectivity index (χ3n) is 3.92. The van der Waals surface area contributed by atoms with Crippen LogP contribution < -0.4 is 11.1 Å². The predicted molar refractivity (Wildman–Crippen MR) is 77.7 cm³/mol. The summed E-state index contributed by atoms with van der Waals surface area (Å²) in [6.45, 7) is 0. The largest absolute Gasteiger partial charge is 0.368 e. The normalized spacial score (nSPS) is 17.9. The van der Waals surface area contributed by atoms with Crippen molar-refractivity contribution in [2.24, 2.45) is 5.73 Å². The van der Waals surface area contributed by atoms with Crippen molar-refractivity contribution in [2.75, 3.05) is 0 Å². The van der Waals surface area contributed by atoms with E-state index in [1.54, 1.807) is 24.3 Å². The van der Waals surface area contributed by atoms with E-state index < -0.39 is 6.04 Å². The van der Waals surface area contributed by atoms with Gasteiger partial charge in [0.15, 0.2) is 0 Å². The number of amides is 1. The number of benzene rings is 1. The minimum atomic E-state index is -0.467. The maximum absolute atomic E-state index is 11.7. The van der Waals surface area contributed by atoms with E-state index in [1.165, 1.54) is 25.7 Å². The highest BCUT2D eigenvalue weighted by Crippen LogP contribution is 2.21. The SMILES string of the molecule is N#Cc1ccc(C(NC2CCCCCC2)C(N)=O)cc1. The highest BCUT2D eigenvalue weighted by molar-refractivity contribution is 5.81. The summed E-state index contributed by atoms with van der Waals surface area (Å²) in [7, 11) is 0. The average molecular weight is 271 g/mol. The Labute approximate surface area is 120 Å². The summed E-state index contributed by atoms with van der Waals surface area (Å²) in [5.74, 6) is -0.362. The van der Waals surface area contributed by atoms with Crippen LogP contribution in [0.2, 0.25) is 0 Å². The van der Waals surface area contributed by atoms with Gasteiger partial charge in [0.2, 0.25) is 5.91 Å². The number of carbonyl (C=O) groups excluding carboxylic acids is 1. The molecule has 4 heteroatoms. The van der Waals surface area contributed by atoms with E-state index >= 15 is 0 Å². The minimum Gasteiger partial charge on any atom is -0.368 e. The van der Waals surface area contributed by atoms with Crippen LogP contribution in [0.15, 0.2) is 24.3 Å². The maximum atomic E-state index is 11.7. The van der Waals surface area contributed by atoms with E-state index in [0.717, 1.165) is 18.4 Å². The Morgan fingerprint density at radius 3 is 2.30 bits per heavy atom. The summed E-state index contributed by atoms with van der Waals surface area (Å²) in [5.41, 5.74) is 6.95. The molecular formula is C16H21N3O. The van der Waals surface area contributed by atoms with Gasteiger partial charge in [0.1, 0.15) is 6.04 Å². The molecule has 1 aliphatic carbocycles. The summed E-state index contributed by atoms with van der Waals surface area (Å²) in [4.78, 5) is 11.7. The molecule has 1 amide bonds. The van der Waals surface area contributed by atoms with Crippen molar-refractivity contribution in [1.82, 2.24) is 5.32 Å². The molecule has 106 valence electrons. The molecule has 0 heterocycles. The fraction of sp³-hybridized carbons (Fsp3) is 0.500. The number of nitrogens with zero attached hydrogens (tertiary/aromatic N) is 1. The first-order chi connectivity index (χ1) is 9.70. The van der Waals surface area contributed by atoms with Crippen molar-refractivity contribution in [3.05, 3.63) is 35.4 Å². The van der Waals surface area contributed by atoms with Crippen LogP contribution in [0.1, 0.15) is 55.7 Å². The Morgan fingerprint density at radius 2 is 1.80 bits per heavy atom. The van der Waals surface area contributed by atoms with Gasteiger partial charge in [-0.1, -0.05) is 37.8 Å². The van der Waals surface area contributed by atoms with Gasteiger partial charge in [0, 0.05) is 6.04 Å². The molecule has 20 heavy (non-hydrogen) atoms. The molecule has 0 aromatic heterocycles. The second-order valence-corrected chi connectivity index (χ2v) is 5.42. The zero-order valence-corrected chi connectivity index (χ0v) is 11.6. The Bertz CT molecular complexity index is 481. The topological polar surface area (TPSA) is 78.9 Å². The van der Waals surface area contributed by atoms with Crippen molar-refractivity contribution >= 4 is 5.91 Å². The van der Waals surface area contributed by atoms with Crippen molar-refractivity contribution in [3.63, 3.8) is 0 Å². The molecule has 1 aromatic carbocycles. The van der Waals surface area contributed by atoms with Crippen LogP contribution >= 0.6 is 0 Å². The van der Waals surface area contributed by atoms with Crippen LogP contribution in [0, 0.1) is 11.3 Å². The van der Waals surface area contributed by atoms with E-state index in [-0.39, 0.29) is 5.91 Å². The number of hydrogen-bond acceptors (Lipinski definition) is 3. The lowest BCUT2D eigenvalue weighted by Crippen LogP contribution is -2.39. The van der Waals surface area contributed by atoms with Crippen LogP contribution in [0.25, 0.3) is 0 Å². The molecule has 0 spiro atoms. The first-order valence-corrected chi connectivity index (χ1v) is 7.26. The lowest BCUT2D eigenvalue weighted by Gasteiger charge is -2.23. The zero-order valence-electron chi connectivity index (χ0n) is 11.6. The Morgan fingerprint density at radius 1 is 1.20 bits per heavy atom. The van der Waals surface area contributed by atoms with Crippen LogP contribution in [0.3, 0.4) is 0 Å². The fourth-order valence-electron chi connectivity index (χ4n) is 2.77. The molecule has 0 bridgehead atoms. The van der Waals surface area contributed by atoms with Gasteiger partial charge in [0.05, 0.1) is 11.6 Å². The monoisotopic (exact) mass is 271 g/mol. The fourth-order valence-corrected chi connectivity index (χ4v) is 2.77. The predicted octanol–water partition coefficient (Wildman–Crippen LogP) is 2.40. The minimum absolute atomic E-state index is 0.352. The van der Waals surface area contributed by atoms with E-state index in [9.17, 15) is 4.79 Å². The Hall–Kier alpha value is -1.86. The second-order valence-electron chi connectivity index (χ2n) is 5.42. The third kappa shape index (κ3) is 3.82. The van der Waals surface area contributed by atoms with Gasteiger partial charge in [-0.25, -0.2) is 0 Å². The summed E-state index contributed by atoms with van der Waals surface area (Å²) in [6, 6.07) is 9.01. The number of nitrogens with one attached hydrogen (secondary N) is 1. The quantitative estimate of drug-likeness (QED) is 0.825. The first-order valence-electron chi connectivity index (χ1n) is 7.26. The lowest BCUT2D eigenvalue weighted by atomic mass is 10.0. The molecule has 3 N–H and O–H groups in total. The van der Waals surface area contributed by atoms with Crippen molar-refractivity contribution in [2.45, 2.75) is 50.6 Å². The molecule has 1 fully saturated rings. The molecule has 1 unspecified atom stereocenters. The second kappa shape index (κ2) is 7.06. The van der Waals surface area contributed by atoms with Crippen LogP contribution in [-0.4, -0.2) is 11.9 Å². The van der Waals surface area contributed by atoms with E-state index in [1.807, 2.05) is 0 Å². The smallest absolute Gasteiger partial charge is 0.239 e. The van der Waals surface area contributed by atoms with Gasteiger partial charge in [-0.2, -0.15) is 5.26 Å². The molecule has 0 saturated heterocycles. The zero-order chi connectivity index (χ0) is 14.4. The summed E-state index contributed by atoms with van der Waals surface area (Å²) in [5, 5.41) is 12.2. The lowest BCUT2D eigenvalue weighted by molar-refractivity contribution is -0.120. The van der Waals surface area contributed by atoms with Gasteiger partial charge in [0.25, 0.3) is 0 Å². The molecule has 2 rings (SSSR count). The van der Waals surface area contributed by atoms with Gasteiger partial charge in [-0.15, -0.1) is 0 Å². The number of nitriles is 1. The van der Waals surface area contributed by atoms with E-state index in [4.69, 9.17) is 11.0 Å². The number of carbonyl (C=O) groups is 1. The maximum Gasteiger partial charge on any atom is 0.239 e. The van der Waals surface area contributed by atoms with Crippen LogP contribution in [-0.2, 0) is 4.79 Å². The van der Waals surface area contributed by atoms with Crippen molar-refractivity contribution < 1.29 is 4.79 Å². The molecule has 4 nitrogen and oxygen atoms in total. The van der Waals surface area contributed by atoms with Crippen molar-refractivity contribution in [3.8, 4) is 6.07 Å². The summed E-state index contributed by atoms with van der Waals surface area (Å²) < 4.78 is 0.